The van der Waals surface area contributed by atoms with Crippen LogP contribution in [0.1, 0.15) is 42.1 Å². The van der Waals surface area contributed by atoms with Crippen LogP contribution in [0.4, 0.5) is 0 Å². The topological polar surface area (TPSA) is 30.7 Å². The maximum atomic E-state index is 6.41. The van der Waals surface area contributed by atoms with Crippen molar-refractivity contribution >= 4 is 22.5 Å². The lowest BCUT2D eigenvalue weighted by Crippen LogP contribution is -2.05. The van der Waals surface area contributed by atoms with E-state index in [9.17, 15) is 0 Å². The average molecular weight is 376 g/mol. The van der Waals surface area contributed by atoms with Crippen molar-refractivity contribution in [1.82, 2.24) is 14.8 Å². The Balaban J connectivity index is 1.77. The Morgan fingerprint density at radius 3 is 2.48 bits per heavy atom. The number of para-hydroxylation sites is 1. The van der Waals surface area contributed by atoms with Gasteiger partial charge < -0.3 is 0 Å². The fourth-order valence-electron chi connectivity index (χ4n) is 3.57. The molecule has 0 aliphatic rings. The van der Waals surface area contributed by atoms with E-state index >= 15 is 0 Å². The number of hydrogen-bond acceptors (Lipinski definition) is 2. The van der Waals surface area contributed by atoms with Crippen LogP contribution in [0.3, 0.4) is 0 Å². The van der Waals surface area contributed by atoms with E-state index in [4.69, 9.17) is 16.6 Å². The molecule has 3 nitrogen and oxygen atoms in total. The maximum Gasteiger partial charge on any atom is 0.0894 e. The fourth-order valence-corrected chi connectivity index (χ4v) is 3.78. The lowest BCUT2D eigenvalue weighted by Gasteiger charge is -2.18. The first kappa shape index (κ1) is 17.7. The van der Waals surface area contributed by atoms with E-state index in [1.165, 1.54) is 16.7 Å². The molecule has 0 aliphatic carbocycles. The van der Waals surface area contributed by atoms with E-state index in [-0.39, 0.29) is 0 Å². The SMILES string of the molecule is Cc1c(Cc2ccc(-n3cccn3)cc2)c(C(C)C)nc2c(Cl)cccc12. The van der Waals surface area contributed by atoms with Gasteiger partial charge in [-0.25, -0.2) is 4.68 Å². The van der Waals surface area contributed by atoms with Gasteiger partial charge in [-0.2, -0.15) is 5.10 Å². The summed E-state index contributed by atoms with van der Waals surface area (Å²) in [5.41, 5.74) is 6.92. The summed E-state index contributed by atoms with van der Waals surface area (Å²) in [6.45, 7) is 6.56. The van der Waals surface area contributed by atoms with Crippen LogP contribution in [0.5, 0.6) is 0 Å². The van der Waals surface area contributed by atoms with Gasteiger partial charge in [0.1, 0.15) is 0 Å². The Morgan fingerprint density at radius 2 is 1.81 bits per heavy atom. The molecule has 0 bridgehead atoms. The zero-order valence-electron chi connectivity index (χ0n) is 15.8. The predicted octanol–water partition coefficient (Wildman–Crippen LogP) is 6.10. The minimum absolute atomic E-state index is 0.336. The number of halogens is 1. The van der Waals surface area contributed by atoms with Crippen LogP contribution in [-0.2, 0) is 6.42 Å². The van der Waals surface area contributed by atoms with Gasteiger partial charge >= 0.3 is 0 Å². The van der Waals surface area contributed by atoms with Crippen molar-refractivity contribution in [3.63, 3.8) is 0 Å². The molecule has 0 atom stereocenters. The number of benzene rings is 2. The van der Waals surface area contributed by atoms with Crippen LogP contribution in [-0.4, -0.2) is 14.8 Å². The fraction of sp³-hybridized carbons (Fsp3) is 0.217. The smallest absolute Gasteiger partial charge is 0.0894 e. The van der Waals surface area contributed by atoms with Crippen molar-refractivity contribution in [3.8, 4) is 5.69 Å². The first-order chi connectivity index (χ1) is 13.0. The highest BCUT2D eigenvalue weighted by Crippen LogP contribution is 2.32. The standard InChI is InChI=1S/C23H22ClN3/c1-15(2)22-20(16(3)19-6-4-7-21(24)23(19)26-22)14-17-8-10-18(11-9-17)27-13-5-12-25-27/h4-13,15H,14H2,1-3H3. The lowest BCUT2D eigenvalue weighted by atomic mass is 9.91. The van der Waals surface area contributed by atoms with Gasteiger partial charge in [-0.05, 0) is 60.2 Å². The zero-order chi connectivity index (χ0) is 19.0. The molecule has 0 N–H and O–H groups in total. The van der Waals surface area contributed by atoms with Gasteiger partial charge in [0.2, 0.25) is 0 Å². The van der Waals surface area contributed by atoms with Crippen LogP contribution >= 0.6 is 11.6 Å². The van der Waals surface area contributed by atoms with E-state index in [1.54, 1.807) is 6.20 Å². The van der Waals surface area contributed by atoms with Gasteiger partial charge in [-0.1, -0.05) is 49.7 Å². The molecule has 0 amide bonds. The second-order valence-corrected chi connectivity index (χ2v) is 7.59. The van der Waals surface area contributed by atoms with Gasteiger partial charge in [0.15, 0.2) is 0 Å². The third-order valence-electron chi connectivity index (χ3n) is 5.02. The number of aryl methyl sites for hydroxylation is 1. The van der Waals surface area contributed by atoms with Crippen molar-refractivity contribution in [2.75, 3.05) is 0 Å². The number of fused-ring (bicyclic) bond motifs is 1. The van der Waals surface area contributed by atoms with Gasteiger partial charge in [0.25, 0.3) is 0 Å². The van der Waals surface area contributed by atoms with Gasteiger partial charge in [-0.15, -0.1) is 0 Å². The Hall–Kier alpha value is -2.65. The molecule has 4 aromatic rings. The molecule has 0 fully saturated rings. The molecule has 136 valence electrons. The van der Waals surface area contributed by atoms with Gasteiger partial charge in [-0.3, -0.25) is 4.98 Å². The number of pyridine rings is 1. The third kappa shape index (κ3) is 3.35. The zero-order valence-corrected chi connectivity index (χ0v) is 16.5. The molecule has 0 radical (unpaired) electrons. The van der Waals surface area contributed by atoms with Crippen molar-refractivity contribution in [3.05, 3.63) is 88.3 Å². The second-order valence-electron chi connectivity index (χ2n) is 7.19. The molecular formula is C23H22ClN3. The summed E-state index contributed by atoms with van der Waals surface area (Å²) in [6, 6.07) is 16.5. The molecule has 0 spiro atoms. The Bertz CT molecular complexity index is 1080. The van der Waals surface area contributed by atoms with Crippen molar-refractivity contribution in [2.24, 2.45) is 0 Å². The van der Waals surface area contributed by atoms with E-state index in [1.807, 2.05) is 29.1 Å². The van der Waals surface area contributed by atoms with Crippen molar-refractivity contribution < 1.29 is 0 Å². The number of aromatic nitrogens is 3. The molecule has 0 unspecified atom stereocenters. The second kappa shape index (κ2) is 7.16. The summed E-state index contributed by atoms with van der Waals surface area (Å²) >= 11 is 6.41. The van der Waals surface area contributed by atoms with Gasteiger partial charge in [0.05, 0.1) is 16.2 Å². The van der Waals surface area contributed by atoms with Gasteiger partial charge in [0, 0.05) is 23.5 Å². The normalized spacial score (nSPS) is 11.4. The summed E-state index contributed by atoms with van der Waals surface area (Å²) in [6.07, 6.45) is 4.60. The van der Waals surface area contributed by atoms with Crippen LogP contribution in [0, 0.1) is 6.92 Å². The monoisotopic (exact) mass is 375 g/mol. The van der Waals surface area contributed by atoms with E-state index in [2.05, 4.69) is 56.2 Å². The number of rotatable bonds is 4. The summed E-state index contributed by atoms with van der Waals surface area (Å²) in [5, 5.41) is 6.14. The molecule has 2 aromatic carbocycles. The first-order valence-electron chi connectivity index (χ1n) is 9.21. The summed E-state index contributed by atoms with van der Waals surface area (Å²) in [5.74, 6) is 0.336. The van der Waals surface area contributed by atoms with Crippen LogP contribution in [0.2, 0.25) is 5.02 Å². The maximum absolute atomic E-state index is 6.41. The van der Waals surface area contributed by atoms with E-state index in [0.717, 1.165) is 28.7 Å². The van der Waals surface area contributed by atoms with Crippen LogP contribution in [0.15, 0.2) is 60.9 Å². The Morgan fingerprint density at radius 1 is 1.04 bits per heavy atom. The largest absolute Gasteiger partial charge is 0.251 e. The minimum Gasteiger partial charge on any atom is -0.251 e. The summed E-state index contributed by atoms with van der Waals surface area (Å²) in [7, 11) is 0. The number of hydrogen-bond donors (Lipinski definition) is 0. The molecular weight excluding hydrogens is 354 g/mol. The molecule has 27 heavy (non-hydrogen) atoms. The third-order valence-corrected chi connectivity index (χ3v) is 5.32. The first-order valence-corrected chi connectivity index (χ1v) is 9.59. The van der Waals surface area contributed by atoms with E-state index < -0.39 is 0 Å². The van der Waals surface area contributed by atoms with E-state index in [0.29, 0.717) is 10.9 Å². The summed E-state index contributed by atoms with van der Waals surface area (Å²) < 4.78 is 1.87. The molecule has 0 saturated heterocycles. The highest BCUT2D eigenvalue weighted by atomic mass is 35.5. The quantitative estimate of drug-likeness (QED) is 0.431. The predicted molar refractivity (Wildman–Crippen MR) is 112 cm³/mol. The molecule has 0 aliphatic heterocycles. The molecule has 4 heteroatoms. The summed E-state index contributed by atoms with van der Waals surface area (Å²) in [4.78, 5) is 4.94. The molecule has 2 aromatic heterocycles. The minimum atomic E-state index is 0.336. The molecule has 4 rings (SSSR count). The van der Waals surface area contributed by atoms with Crippen LogP contribution < -0.4 is 0 Å². The average Bonchev–Trinajstić information content (AvgIpc) is 3.19. The highest BCUT2D eigenvalue weighted by molar-refractivity contribution is 6.35. The lowest BCUT2D eigenvalue weighted by molar-refractivity contribution is 0.807. The molecule has 0 saturated carbocycles. The van der Waals surface area contributed by atoms with Crippen LogP contribution in [0.25, 0.3) is 16.6 Å². The van der Waals surface area contributed by atoms with Crippen molar-refractivity contribution in [1.29, 1.82) is 0 Å². The molecule has 2 heterocycles. The highest BCUT2D eigenvalue weighted by Gasteiger charge is 2.16. The Labute approximate surface area is 164 Å². The Kier molecular flexibility index (Phi) is 4.71. The van der Waals surface area contributed by atoms with Crippen molar-refractivity contribution in [2.45, 2.75) is 33.1 Å². The number of nitrogens with zero attached hydrogens (tertiary/aromatic N) is 3.